The maximum atomic E-state index is 13.2. The zero-order valence-electron chi connectivity index (χ0n) is 14.9. The highest BCUT2D eigenvalue weighted by Crippen LogP contribution is 2.27. The van der Waals surface area contributed by atoms with E-state index in [1.165, 1.54) is 25.5 Å². The van der Waals surface area contributed by atoms with Crippen molar-refractivity contribution in [1.29, 1.82) is 0 Å². The van der Waals surface area contributed by atoms with Crippen molar-refractivity contribution in [3.63, 3.8) is 0 Å². The van der Waals surface area contributed by atoms with Gasteiger partial charge in [0, 0.05) is 5.56 Å². The van der Waals surface area contributed by atoms with Crippen molar-refractivity contribution in [2.75, 3.05) is 7.11 Å². The zero-order valence-corrected chi connectivity index (χ0v) is 16.5. The maximum absolute atomic E-state index is 13.2. The number of rotatable bonds is 7. The van der Waals surface area contributed by atoms with Crippen LogP contribution >= 0.6 is 23.8 Å². The topological polar surface area (TPSA) is 64.4 Å². The fraction of sp³-hybridized carbons (Fsp3) is 0.167. The molecule has 2 aromatic carbocycles. The number of halogens is 4. The lowest BCUT2D eigenvalue weighted by atomic mass is 10.1. The SMILES string of the molecule is COc1ccc(/C=N\n2c(C(F)F)n[nH]c2=S)cc1COc1ccc(F)cc1Cl. The van der Waals surface area contributed by atoms with Gasteiger partial charge in [-0.25, -0.2) is 18.3 Å². The number of nitrogens with zero attached hydrogens (tertiary/aromatic N) is 3. The summed E-state index contributed by atoms with van der Waals surface area (Å²) in [7, 11) is 1.50. The summed E-state index contributed by atoms with van der Waals surface area (Å²) < 4.78 is 50.8. The van der Waals surface area contributed by atoms with Crippen LogP contribution in [0.25, 0.3) is 0 Å². The Kier molecular flexibility index (Phi) is 6.55. The van der Waals surface area contributed by atoms with Crippen molar-refractivity contribution in [1.82, 2.24) is 14.9 Å². The summed E-state index contributed by atoms with van der Waals surface area (Å²) in [5.74, 6) is -0.220. The van der Waals surface area contributed by atoms with Gasteiger partial charge in [-0.05, 0) is 54.2 Å². The van der Waals surface area contributed by atoms with Crippen molar-refractivity contribution in [3.05, 3.63) is 69.0 Å². The zero-order chi connectivity index (χ0) is 21.0. The highest BCUT2D eigenvalue weighted by molar-refractivity contribution is 7.71. The average Bonchev–Trinajstić information content (AvgIpc) is 3.06. The summed E-state index contributed by atoms with van der Waals surface area (Å²) in [4.78, 5) is 0. The molecule has 0 aliphatic heterocycles. The molecule has 0 aliphatic rings. The van der Waals surface area contributed by atoms with E-state index in [1.807, 2.05) is 0 Å². The van der Waals surface area contributed by atoms with Gasteiger partial charge in [0.1, 0.15) is 23.9 Å². The fourth-order valence-corrected chi connectivity index (χ4v) is 2.83. The van der Waals surface area contributed by atoms with Crippen LogP contribution in [0.5, 0.6) is 11.5 Å². The first-order valence-electron chi connectivity index (χ1n) is 8.13. The molecule has 0 fully saturated rings. The molecule has 0 saturated heterocycles. The standard InChI is InChI=1S/C18H14ClF3N4O2S/c1-27-14-4-2-10(8-23-26-17(16(21)22)24-25-18(26)29)6-11(14)9-28-15-5-3-12(20)7-13(15)19/h2-8,16H,9H2,1H3,(H,25,29)/b23-8-. The number of ether oxygens (including phenoxy) is 2. The third kappa shape index (κ3) is 4.96. The molecule has 11 heteroatoms. The number of methoxy groups -OCH3 is 1. The Morgan fingerprint density at radius 1 is 1.28 bits per heavy atom. The quantitative estimate of drug-likeness (QED) is 0.406. The fourth-order valence-electron chi connectivity index (χ4n) is 2.42. The Balaban J connectivity index is 1.83. The second-order valence-electron chi connectivity index (χ2n) is 5.68. The Hall–Kier alpha value is -2.85. The van der Waals surface area contributed by atoms with E-state index in [9.17, 15) is 13.2 Å². The molecule has 3 rings (SSSR count). The maximum Gasteiger partial charge on any atom is 0.299 e. The van der Waals surface area contributed by atoms with E-state index >= 15 is 0 Å². The lowest BCUT2D eigenvalue weighted by Gasteiger charge is -2.12. The van der Waals surface area contributed by atoms with E-state index < -0.39 is 18.1 Å². The molecular formula is C18H14ClF3N4O2S. The van der Waals surface area contributed by atoms with E-state index in [0.29, 0.717) is 22.6 Å². The van der Waals surface area contributed by atoms with Gasteiger partial charge in [-0.1, -0.05) is 11.6 Å². The molecular weight excluding hydrogens is 429 g/mol. The molecule has 1 aromatic heterocycles. The molecule has 0 bridgehead atoms. The van der Waals surface area contributed by atoms with Crippen LogP contribution in [0.1, 0.15) is 23.4 Å². The van der Waals surface area contributed by atoms with Crippen LogP contribution in [0.15, 0.2) is 41.5 Å². The van der Waals surface area contributed by atoms with Gasteiger partial charge in [0.05, 0.1) is 18.3 Å². The average molecular weight is 443 g/mol. The summed E-state index contributed by atoms with van der Waals surface area (Å²) in [6, 6.07) is 8.86. The lowest BCUT2D eigenvalue weighted by molar-refractivity contribution is 0.136. The normalized spacial score (nSPS) is 11.4. The second-order valence-corrected chi connectivity index (χ2v) is 6.47. The molecule has 0 spiro atoms. The summed E-state index contributed by atoms with van der Waals surface area (Å²) in [6.07, 6.45) is -1.48. The Labute approximate surface area is 173 Å². The van der Waals surface area contributed by atoms with Crippen molar-refractivity contribution in [2.24, 2.45) is 5.10 Å². The van der Waals surface area contributed by atoms with Crippen LogP contribution in [0, 0.1) is 10.6 Å². The molecule has 0 unspecified atom stereocenters. The Morgan fingerprint density at radius 3 is 2.72 bits per heavy atom. The van der Waals surface area contributed by atoms with Crippen LogP contribution in [-0.2, 0) is 6.61 Å². The minimum atomic E-state index is -2.83. The number of aromatic amines is 1. The molecule has 0 amide bonds. The number of aromatic nitrogens is 3. The molecule has 0 radical (unpaired) electrons. The molecule has 29 heavy (non-hydrogen) atoms. The van der Waals surface area contributed by atoms with Crippen molar-refractivity contribution < 1.29 is 22.6 Å². The van der Waals surface area contributed by atoms with Gasteiger partial charge in [-0.2, -0.15) is 14.9 Å². The van der Waals surface area contributed by atoms with E-state index in [2.05, 4.69) is 15.3 Å². The Morgan fingerprint density at radius 2 is 2.03 bits per heavy atom. The van der Waals surface area contributed by atoms with Crippen LogP contribution in [0.3, 0.4) is 0 Å². The van der Waals surface area contributed by atoms with Gasteiger partial charge in [0.15, 0.2) is 0 Å². The first-order valence-corrected chi connectivity index (χ1v) is 8.92. The van der Waals surface area contributed by atoms with E-state index in [0.717, 1.165) is 10.7 Å². The summed E-state index contributed by atoms with van der Waals surface area (Å²) >= 11 is 10.9. The highest BCUT2D eigenvalue weighted by Gasteiger charge is 2.16. The molecule has 0 aliphatic carbocycles. The van der Waals surface area contributed by atoms with Gasteiger partial charge >= 0.3 is 0 Å². The molecule has 1 N–H and O–H groups in total. The predicted octanol–water partition coefficient (Wildman–Crippen LogP) is 5.14. The number of hydrogen-bond donors (Lipinski definition) is 1. The van der Waals surface area contributed by atoms with Crippen LogP contribution in [0.4, 0.5) is 13.2 Å². The van der Waals surface area contributed by atoms with Crippen molar-refractivity contribution in [2.45, 2.75) is 13.0 Å². The molecule has 152 valence electrons. The number of hydrogen-bond acceptors (Lipinski definition) is 5. The van der Waals surface area contributed by atoms with E-state index in [4.69, 9.17) is 33.3 Å². The van der Waals surface area contributed by atoms with E-state index in [1.54, 1.807) is 18.2 Å². The number of benzene rings is 2. The van der Waals surface area contributed by atoms with Crippen LogP contribution < -0.4 is 9.47 Å². The van der Waals surface area contributed by atoms with Gasteiger partial charge in [0.25, 0.3) is 6.43 Å². The monoisotopic (exact) mass is 442 g/mol. The predicted molar refractivity (Wildman–Crippen MR) is 104 cm³/mol. The Bertz CT molecular complexity index is 1100. The molecule has 6 nitrogen and oxygen atoms in total. The van der Waals surface area contributed by atoms with Crippen LogP contribution in [-0.4, -0.2) is 28.2 Å². The molecule has 3 aromatic rings. The highest BCUT2D eigenvalue weighted by atomic mass is 35.5. The number of nitrogens with one attached hydrogen (secondary N) is 1. The lowest BCUT2D eigenvalue weighted by Crippen LogP contribution is -2.02. The summed E-state index contributed by atoms with van der Waals surface area (Å²) in [5.41, 5.74) is 1.22. The van der Waals surface area contributed by atoms with Gasteiger partial charge in [-0.15, -0.1) is 0 Å². The molecule has 0 saturated carbocycles. The number of alkyl halides is 2. The second kappa shape index (κ2) is 9.10. The van der Waals surface area contributed by atoms with Crippen molar-refractivity contribution >= 4 is 30.0 Å². The van der Waals surface area contributed by atoms with Gasteiger partial charge in [0.2, 0.25) is 10.6 Å². The molecule has 0 atom stereocenters. The van der Waals surface area contributed by atoms with Crippen LogP contribution in [0.2, 0.25) is 5.02 Å². The van der Waals surface area contributed by atoms with Crippen molar-refractivity contribution in [3.8, 4) is 11.5 Å². The van der Waals surface area contributed by atoms with Gasteiger partial charge < -0.3 is 9.47 Å². The largest absolute Gasteiger partial charge is 0.496 e. The third-order valence-electron chi connectivity index (χ3n) is 3.77. The van der Waals surface area contributed by atoms with Gasteiger partial charge in [-0.3, -0.25) is 0 Å². The minimum Gasteiger partial charge on any atom is -0.496 e. The smallest absolute Gasteiger partial charge is 0.299 e. The minimum absolute atomic E-state index is 0.0560. The third-order valence-corrected chi connectivity index (χ3v) is 4.33. The summed E-state index contributed by atoms with van der Waals surface area (Å²) in [5, 5.41) is 9.83. The van der Waals surface area contributed by atoms with E-state index in [-0.39, 0.29) is 16.4 Å². The first kappa shape index (κ1) is 20.9. The first-order chi connectivity index (χ1) is 13.9. The molecule has 1 heterocycles. The summed E-state index contributed by atoms with van der Waals surface area (Å²) in [6.45, 7) is 0.0730. The number of H-pyrrole nitrogens is 1.